The summed E-state index contributed by atoms with van der Waals surface area (Å²) in [5.41, 5.74) is 3.30. The number of halogens is 1. The first-order valence-corrected chi connectivity index (χ1v) is 12.0. The van der Waals surface area contributed by atoms with Crippen LogP contribution in [-0.2, 0) is 0 Å². The van der Waals surface area contributed by atoms with Gasteiger partial charge in [0.2, 0.25) is 5.82 Å². The predicted octanol–water partition coefficient (Wildman–Crippen LogP) is 6.48. The Hall–Kier alpha value is -3.32. The summed E-state index contributed by atoms with van der Waals surface area (Å²) in [6.45, 7) is 7.25. The number of hydrogen-bond donors (Lipinski definition) is 1. The number of hydrogen-bond acceptors (Lipinski definition) is 5. The van der Waals surface area contributed by atoms with Crippen molar-refractivity contribution in [3.8, 4) is 17.1 Å². The van der Waals surface area contributed by atoms with Crippen LogP contribution in [0, 0.1) is 0 Å². The normalized spacial score (nSPS) is 16.1. The Balaban J connectivity index is 1.72. The number of amides is 2. The van der Waals surface area contributed by atoms with Crippen LogP contribution in [0.2, 0.25) is 5.02 Å². The van der Waals surface area contributed by atoms with Crippen LogP contribution in [0.3, 0.4) is 0 Å². The number of urea groups is 1. The van der Waals surface area contributed by atoms with E-state index in [9.17, 15) is 4.79 Å². The van der Waals surface area contributed by atoms with Crippen molar-refractivity contribution in [2.75, 3.05) is 13.2 Å². The first-order valence-electron chi connectivity index (χ1n) is 11.6. The van der Waals surface area contributed by atoms with Gasteiger partial charge in [-0.3, -0.25) is 4.90 Å². The second-order valence-electron chi connectivity index (χ2n) is 8.17. The fraction of sp³-hybridized carbons (Fsp3) is 0.346. The maximum atomic E-state index is 13.0. The summed E-state index contributed by atoms with van der Waals surface area (Å²) in [7, 11) is 0. The number of nitrogens with zero attached hydrogens (tertiary/aromatic N) is 3. The van der Waals surface area contributed by atoms with Crippen LogP contribution in [0.25, 0.3) is 17.0 Å². The number of ether oxygens (including phenoxy) is 1. The predicted molar refractivity (Wildman–Crippen MR) is 132 cm³/mol. The van der Waals surface area contributed by atoms with Crippen molar-refractivity contribution in [1.29, 1.82) is 0 Å². The average Bonchev–Trinajstić information content (AvgIpc) is 3.32. The first-order chi connectivity index (χ1) is 16.5. The maximum absolute atomic E-state index is 13.0. The van der Waals surface area contributed by atoms with Crippen LogP contribution in [0.5, 0.6) is 5.75 Å². The number of carbonyl (C=O) groups is 1. The molecule has 1 unspecified atom stereocenters. The van der Waals surface area contributed by atoms with E-state index in [1.807, 2.05) is 62.4 Å². The summed E-state index contributed by atoms with van der Waals surface area (Å²) in [6, 6.07) is 14.4. The van der Waals surface area contributed by atoms with Crippen molar-refractivity contribution < 1.29 is 14.1 Å². The molecule has 7 nitrogen and oxygen atoms in total. The van der Waals surface area contributed by atoms with E-state index in [1.54, 1.807) is 4.90 Å². The zero-order valence-electron chi connectivity index (χ0n) is 19.7. The molecule has 0 bridgehead atoms. The second-order valence-corrected chi connectivity index (χ2v) is 8.61. The fourth-order valence-corrected chi connectivity index (χ4v) is 4.20. The molecule has 2 aromatic carbocycles. The maximum Gasteiger partial charge on any atom is 0.322 e. The van der Waals surface area contributed by atoms with E-state index in [0.29, 0.717) is 29.9 Å². The number of aromatic nitrogens is 2. The SMILES string of the molecule is CCCCCN1C(=O)NC(c2ccc(Cl)cc2)C(c2nc(-c3ccc(OCC)cc3)no2)=C1C. The van der Waals surface area contributed by atoms with Crippen LogP contribution < -0.4 is 10.1 Å². The molecule has 8 heteroatoms. The van der Waals surface area contributed by atoms with Crippen LogP contribution in [0.15, 0.2) is 58.8 Å². The van der Waals surface area contributed by atoms with Gasteiger partial charge in [-0.25, -0.2) is 4.79 Å². The Labute approximate surface area is 204 Å². The third-order valence-corrected chi connectivity index (χ3v) is 6.12. The van der Waals surface area contributed by atoms with Crippen molar-refractivity contribution >= 4 is 23.2 Å². The smallest absolute Gasteiger partial charge is 0.322 e. The largest absolute Gasteiger partial charge is 0.494 e. The standard InChI is InChI=1S/C26H29ClN4O3/c1-4-6-7-16-31-17(3)22(23(28-26(31)32)18-8-12-20(27)13-9-18)25-29-24(30-34-25)19-10-14-21(15-11-19)33-5-2/h8-15,23H,4-7,16H2,1-3H3,(H,28,32). The van der Waals surface area contributed by atoms with Gasteiger partial charge in [0.15, 0.2) is 0 Å². The summed E-state index contributed by atoms with van der Waals surface area (Å²) in [5.74, 6) is 1.64. The minimum Gasteiger partial charge on any atom is -0.494 e. The molecule has 0 spiro atoms. The van der Waals surface area contributed by atoms with Gasteiger partial charge in [0.1, 0.15) is 5.75 Å². The molecule has 4 rings (SSSR count). The highest BCUT2D eigenvalue weighted by atomic mass is 35.5. The van der Waals surface area contributed by atoms with Gasteiger partial charge in [0.25, 0.3) is 5.89 Å². The highest BCUT2D eigenvalue weighted by molar-refractivity contribution is 6.30. The van der Waals surface area contributed by atoms with Crippen molar-refractivity contribution in [1.82, 2.24) is 20.4 Å². The van der Waals surface area contributed by atoms with E-state index in [4.69, 9.17) is 25.8 Å². The summed E-state index contributed by atoms with van der Waals surface area (Å²) in [4.78, 5) is 19.5. The van der Waals surface area contributed by atoms with Crippen LogP contribution in [0.1, 0.15) is 57.5 Å². The van der Waals surface area contributed by atoms with Crippen molar-refractivity contribution in [2.45, 2.75) is 46.1 Å². The van der Waals surface area contributed by atoms with Crippen LogP contribution in [-0.4, -0.2) is 34.2 Å². The molecule has 1 aromatic heterocycles. The Morgan fingerprint density at radius 2 is 1.82 bits per heavy atom. The zero-order chi connectivity index (χ0) is 24.1. The number of allylic oxidation sites excluding steroid dienone is 1. The summed E-state index contributed by atoms with van der Waals surface area (Å²) in [6.07, 6.45) is 3.05. The molecule has 3 aromatic rings. The van der Waals surface area contributed by atoms with Crippen LogP contribution in [0.4, 0.5) is 4.79 Å². The summed E-state index contributed by atoms with van der Waals surface area (Å²) >= 11 is 6.10. The molecule has 0 saturated heterocycles. The number of benzene rings is 2. The molecule has 2 heterocycles. The molecule has 0 saturated carbocycles. The molecule has 0 fully saturated rings. The van der Waals surface area contributed by atoms with E-state index in [-0.39, 0.29) is 6.03 Å². The molecule has 178 valence electrons. The van der Waals surface area contributed by atoms with Gasteiger partial charge < -0.3 is 14.6 Å². The van der Waals surface area contributed by atoms with Crippen LogP contribution >= 0.6 is 11.6 Å². The monoisotopic (exact) mass is 480 g/mol. The number of unbranched alkanes of at least 4 members (excludes halogenated alkanes) is 2. The molecule has 1 N–H and O–H groups in total. The molecule has 34 heavy (non-hydrogen) atoms. The van der Waals surface area contributed by atoms with E-state index in [0.717, 1.165) is 47.4 Å². The van der Waals surface area contributed by atoms with E-state index < -0.39 is 6.04 Å². The molecule has 0 aliphatic carbocycles. The molecule has 0 radical (unpaired) electrons. The zero-order valence-corrected chi connectivity index (χ0v) is 20.4. The van der Waals surface area contributed by atoms with Gasteiger partial charge in [-0.15, -0.1) is 0 Å². The molecule has 2 amide bonds. The Morgan fingerprint density at radius 1 is 1.09 bits per heavy atom. The van der Waals surface area contributed by atoms with Gasteiger partial charge in [0.05, 0.1) is 18.2 Å². The van der Waals surface area contributed by atoms with Crippen molar-refractivity contribution in [3.05, 3.63) is 70.7 Å². The van der Waals surface area contributed by atoms with E-state index in [2.05, 4.69) is 17.4 Å². The number of carbonyl (C=O) groups excluding carboxylic acids is 1. The van der Waals surface area contributed by atoms with Gasteiger partial charge >= 0.3 is 6.03 Å². The third kappa shape index (κ3) is 5.09. The molecule has 1 aliphatic rings. The minimum absolute atomic E-state index is 0.136. The van der Waals surface area contributed by atoms with Crippen molar-refractivity contribution in [2.24, 2.45) is 0 Å². The Morgan fingerprint density at radius 3 is 2.50 bits per heavy atom. The molecule has 1 atom stereocenters. The molecule has 1 aliphatic heterocycles. The summed E-state index contributed by atoms with van der Waals surface area (Å²) in [5, 5.41) is 7.97. The Bertz CT molecular complexity index is 1160. The third-order valence-electron chi connectivity index (χ3n) is 5.86. The lowest BCUT2D eigenvalue weighted by molar-refractivity contribution is 0.204. The lowest BCUT2D eigenvalue weighted by Gasteiger charge is -2.35. The highest BCUT2D eigenvalue weighted by Gasteiger charge is 2.35. The second kappa shape index (κ2) is 10.7. The molecular formula is C26H29ClN4O3. The quantitative estimate of drug-likeness (QED) is 0.354. The lowest BCUT2D eigenvalue weighted by atomic mass is 9.94. The highest BCUT2D eigenvalue weighted by Crippen LogP contribution is 2.37. The van der Waals surface area contributed by atoms with E-state index in [1.165, 1.54) is 0 Å². The van der Waals surface area contributed by atoms with E-state index >= 15 is 0 Å². The average molecular weight is 481 g/mol. The number of nitrogens with one attached hydrogen (secondary N) is 1. The lowest BCUT2D eigenvalue weighted by Crippen LogP contribution is -2.46. The fourth-order valence-electron chi connectivity index (χ4n) is 4.07. The van der Waals surface area contributed by atoms with Gasteiger partial charge in [-0.1, -0.05) is 48.7 Å². The minimum atomic E-state index is -0.430. The summed E-state index contributed by atoms with van der Waals surface area (Å²) < 4.78 is 11.3. The first kappa shape index (κ1) is 23.8. The Kier molecular flexibility index (Phi) is 7.53. The van der Waals surface area contributed by atoms with Gasteiger partial charge in [-0.2, -0.15) is 4.98 Å². The topological polar surface area (TPSA) is 80.5 Å². The number of rotatable bonds is 9. The van der Waals surface area contributed by atoms with Gasteiger partial charge in [-0.05, 0) is 62.2 Å². The van der Waals surface area contributed by atoms with Gasteiger partial charge in [0, 0.05) is 22.8 Å². The van der Waals surface area contributed by atoms with Crippen molar-refractivity contribution in [3.63, 3.8) is 0 Å². The molecular weight excluding hydrogens is 452 g/mol.